The van der Waals surface area contributed by atoms with Crippen LogP contribution < -0.4 is 5.32 Å². The SMILES string of the molecule is CCCNC(Cc1cc(C)ccc1C)C1CSCCN1C. The third-order valence-electron chi connectivity index (χ3n) is 4.51. The van der Waals surface area contributed by atoms with Crippen molar-refractivity contribution in [1.82, 2.24) is 10.2 Å². The van der Waals surface area contributed by atoms with E-state index in [4.69, 9.17) is 0 Å². The fraction of sp³-hybridized carbons (Fsp3) is 0.667. The lowest BCUT2D eigenvalue weighted by Gasteiger charge is -2.38. The minimum atomic E-state index is 0.559. The summed E-state index contributed by atoms with van der Waals surface area (Å²) in [5.41, 5.74) is 4.30. The van der Waals surface area contributed by atoms with Gasteiger partial charge in [0.25, 0.3) is 0 Å². The van der Waals surface area contributed by atoms with Crippen LogP contribution in [0.1, 0.15) is 30.0 Å². The van der Waals surface area contributed by atoms with Gasteiger partial charge in [-0.05, 0) is 51.4 Å². The van der Waals surface area contributed by atoms with Crippen molar-refractivity contribution in [3.05, 3.63) is 34.9 Å². The fourth-order valence-corrected chi connectivity index (χ4v) is 4.37. The van der Waals surface area contributed by atoms with E-state index in [0.717, 1.165) is 13.0 Å². The van der Waals surface area contributed by atoms with E-state index in [9.17, 15) is 0 Å². The molecule has 1 aliphatic heterocycles. The number of hydrogen-bond donors (Lipinski definition) is 1. The second-order valence-corrected chi connectivity index (χ2v) is 7.47. The highest BCUT2D eigenvalue weighted by molar-refractivity contribution is 7.99. The van der Waals surface area contributed by atoms with E-state index in [1.807, 2.05) is 0 Å². The minimum absolute atomic E-state index is 0.559. The number of nitrogens with zero attached hydrogens (tertiary/aromatic N) is 1. The van der Waals surface area contributed by atoms with Crippen molar-refractivity contribution < 1.29 is 0 Å². The van der Waals surface area contributed by atoms with Crippen LogP contribution in [0.15, 0.2) is 18.2 Å². The van der Waals surface area contributed by atoms with Crippen molar-refractivity contribution in [3.8, 4) is 0 Å². The maximum absolute atomic E-state index is 3.81. The maximum Gasteiger partial charge on any atom is 0.0340 e. The Morgan fingerprint density at radius 3 is 2.90 bits per heavy atom. The first-order valence-corrected chi connectivity index (χ1v) is 9.34. The highest BCUT2D eigenvalue weighted by atomic mass is 32.2. The lowest BCUT2D eigenvalue weighted by atomic mass is 9.95. The summed E-state index contributed by atoms with van der Waals surface area (Å²) in [6, 6.07) is 8.06. The molecule has 1 fully saturated rings. The summed E-state index contributed by atoms with van der Waals surface area (Å²) in [5, 5.41) is 3.81. The Labute approximate surface area is 134 Å². The van der Waals surface area contributed by atoms with Gasteiger partial charge in [-0.15, -0.1) is 0 Å². The van der Waals surface area contributed by atoms with Crippen molar-refractivity contribution in [2.45, 2.75) is 45.7 Å². The second kappa shape index (κ2) is 8.21. The molecule has 1 N–H and O–H groups in total. The predicted molar refractivity (Wildman–Crippen MR) is 95.4 cm³/mol. The van der Waals surface area contributed by atoms with Crippen LogP contribution in [0.2, 0.25) is 0 Å². The molecule has 2 nitrogen and oxygen atoms in total. The van der Waals surface area contributed by atoms with Crippen LogP contribution >= 0.6 is 11.8 Å². The predicted octanol–water partition coefficient (Wildman–Crippen LogP) is 3.26. The zero-order valence-corrected chi connectivity index (χ0v) is 14.8. The van der Waals surface area contributed by atoms with Crippen molar-refractivity contribution in [2.24, 2.45) is 0 Å². The number of hydrogen-bond acceptors (Lipinski definition) is 3. The van der Waals surface area contributed by atoms with Gasteiger partial charge in [-0.25, -0.2) is 0 Å². The zero-order valence-electron chi connectivity index (χ0n) is 14.0. The van der Waals surface area contributed by atoms with Gasteiger partial charge in [0.05, 0.1) is 0 Å². The highest BCUT2D eigenvalue weighted by Gasteiger charge is 2.28. The number of likely N-dealkylation sites (N-methyl/N-ethyl adjacent to an activating group) is 1. The highest BCUT2D eigenvalue weighted by Crippen LogP contribution is 2.21. The third kappa shape index (κ3) is 4.73. The molecule has 1 heterocycles. The summed E-state index contributed by atoms with van der Waals surface area (Å²) in [5.74, 6) is 2.53. The summed E-state index contributed by atoms with van der Waals surface area (Å²) in [7, 11) is 2.29. The fourth-order valence-electron chi connectivity index (χ4n) is 3.06. The van der Waals surface area contributed by atoms with Gasteiger partial charge in [0, 0.05) is 30.1 Å². The van der Waals surface area contributed by atoms with Crippen LogP contribution in [0.3, 0.4) is 0 Å². The smallest absolute Gasteiger partial charge is 0.0340 e. The van der Waals surface area contributed by atoms with E-state index in [1.165, 1.54) is 41.2 Å². The normalized spacial score (nSPS) is 21.4. The van der Waals surface area contributed by atoms with Crippen molar-refractivity contribution in [1.29, 1.82) is 0 Å². The van der Waals surface area contributed by atoms with Gasteiger partial charge in [-0.1, -0.05) is 30.7 Å². The molecule has 0 spiro atoms. The van der Waals surface area contributed by atoms with Gasteiger partial charge in [0.15, 0.2) is 0 Å². The molecule has 3 heteroatoms. The van der Waals surface area contributed by atoms with Gasteiger partial charge in [0.1, 0.15) is 0 Å². The summed E-state index contributed by atoms with van der Waals surface area (Å²) in [6.07, 6.45) is 2.34. The largest absolute Gasteiger partial charge is 0.312 e. The van der Waals surface area contributed by atoms with E-state index in [-0.39, 0.29) is 0 Å². The van der Waals surface area contributed by atoms with Crippen LogP contribution in [-0.4, -0.2) is 48.6 Å². The number of aryl methyl sites for hydroxylation is 2. The van der Waals surface area contributed by atoms with Crippen LogP contribution in [0.25, 0.3) is 0 Å². The van der Waals surface area contributed by atoms with E-state index in [0.29, 0.717) is 12.1 Å². The molecule has 0 amide bonds. The molecular formula is C18H30N2S. The molecule has 2 rings (SSSR count). The number of rotatable bonds is 6. The standard InChI is InChI=1S/C18H30N2S/c1-5-8-19-17(18-13-21-10-9-20(18)4)12-16-11-14(2)6-7-15(16)3/h6-7,11,17-19H,5,8-10,12-13H2,1-4H3. The van der Waals surface area contributed by atoms with E-state index < -0.39 is 0 Å². The van der Waals surface area contributed by atoms with Crippen molar-refractivity contribution in [3.63, 3.8) is 0 Å². The molecule has 21 heavy (non-hydrogen) atoms. The summed E-state index contributed by atoms with van der Waals surface area (Å²) in [4.78, 5) is 2.55. The average molecular weight is 307 g/mol. The summed E-state index contributed by atoms with van der Waals surface area (Å²) < 4.78 is 0. The van der Waals surface area contributed by atoms with Gasteiger partial charge < -0.3 is 10.2 Å². The zero-order chi connectivity index (χ0) is 15.2. The molecule has 0 saturated carbocycles. The van der Waals surface area contributed by atoms with Gasteiger partial charge in [-0.2, -0.15) is 11.8 Å². The Kier molecular flexibility index (Phi) is 6.59. The molecule has 2 unspecified atom stereocenters. The Bertz CT molecular complexity index is 447. The Hall–Kier alpha value is -0.510. The van der Waals surface area contributed by atoms with Crippen LogP contribution in [0.4, 0.5) is 0 Å². The van der Waals surface area contributed by atoms with Crippen molar-refractivity contribution in [2.75, 3.05) is 31.6 Å². The lowest BCUT2D eigenvalue weighted by Crippen LogP contribution is -2.53. The molecule has 2 atom stereocenters. The molecule has 1 saturated heterocycles. The van der Waals surface area contributed by atoms with E-state index in [2.05, 4.69) is 68.0 Å². The topological polar surface area (TPSA) is 15.3 Å². The molecule has 0 bridgehead atoms. The molecule has 1 aromatic rings. The Morgan fingerprint density at radius 1 is 1.38 bits per heavy atom. The first-order valence-electron chi connectivity index (χ1n) is 8.19. The lowest BCUT2D eigenvalue weighted by molar-refractivity contribution is 0.213. The van der Waals surface area contributed by atoms with E-state index in [1.54, 1.807) is 0 Å². The number of benzene rings is 1. The van der Waals surface area contributed by atoms with Crippen LogP contribution in [0.5, 0.6) is 0 Å². The average Bonchev–Trinajstić information content (AvgIpc) is 2.48. The van der Waals surface area contributed by atoms with Gasteiger partial charge in [0.2, 0.25) is 0 Å². The summed E-state index contributed by atoms with van der Waals surface area (Å²) >= 11 is 2.10. The second-order valence-electron chi connectivity index (χ2n) is 6.32. The maximum atomic E-state index is 3.81. The molecular weight excluding hydrogens is 276 g/mol. The summed E-state index contributed by atoms with van der Waals surface area (Å²) in [6.45, 7) is 9.02. The Morgan fingerprint density at radius 2 is 2.19 bits per heavy atom. The monoisotopic (exact) mass is 306 g/mol. The molecule has 0 aliphatic carbocycles. The Balaban J connectivity index is 2.13. The molecule has 1 aromatic carbocycles. The van der Waals surface area contributed by atoms with Gasteiger partial charge in [-0.3, -0.25) is 0 Å². The van der Waals surface area contributed by atoms with Gasteiger partial charge >= 0.3 is 0 Å². The number of nitrogens with one attached hydrogen (secondary N) is 1. The number of thioether (sulfide) groups is 1. The van der Waals surface area contributed by atoms with Crippen LogP contribution in [-0.2, 0) is 6.42 Å². The minimum Gasteiger partial charge on any atom is -0.312 e. The van der Waals surface area contributed by atoms with E-state index >= 15 is 0 Å². The first-order chi connectivity index (χ1) is 10.1. The van der Waals surface area contributed by atoms with Crippen LogP contribution in [0, 0.1) is 13.8 Å². The van der Waals surface area contributed by atoms with Crippen molar-refractivity contribution >= 4 is 11.8 Å². The molecule has 0 radical (unpaired) electrons. The first kappa shape index (κ1) is 16.9. The molecule has 118 valence electrons. The third-order valence-corrected chi connectivity index (χ3v) is 5.56. The molecule has 1 aliphatic rings. The quantitative estimate of drug-likeness (QED) is 0.868. The molecule has 0 aromatic heterocycles.